The number of hydrogen-bond acceptors (Lipinski definition) is 3. The Kier molecular flexibility index (Phi) is 5.16. The van der Waals surface area contributed by atoms with Gasteiger partial charge in [0.15, 0.2) is 0 Å². The molecule has 0 aliphatic heterocycles. The van der Waals surface area contributed by atoms with E-state index < -0.39 is 29.0 Å². The Hall–Kier alpha value is -2.51. The molecular weight excluding hydrogens is 323 g/mol. The van der Waals surface area contributed by atoms with Gasteiger partial charge in [0.05, 0.1) is 5.56 Å². The van der Waals surface area contributed by atoms with Crippen molar-refractivity contribution < 1.29 is 13.2 Å². The van der Waals surface area contributed by atoms with E-state index in [4.69, 9.17) is 0 Å². The molecule has 0 amide bonds. The van der Waals surface area contributed by atoms with Crippen LogP contribution in [0, 0.1) is 0 Å². The first-order chi connectivity index (χ1) is 11.2. The molecule has 1 aromatic heterocycles. The highest BCUT2D eigenvalue weighted by Crippen LogP contribution is 2.31. The summed E-state index contributed by atoms with van der Waals surface area (Å²) in [7, 11) is 0. The van der Waals surface area contributed by atoms with Gasteiger partial charge in [0.1, 0.15) is 5.82 Å². The smallest absolute Gasteiger partial charge is 0.365 e. The molecule has 0 saturated heterocycles. The van der Waals surface area contributed by atoms with E-state index in [-0.39, 0.29) is 5.82 Å². The minimum atomic E-state index is -4.43. The maximum absolute atomic E-state index is 12.8. The lowest BCUT2D eigenvalue weighted by Crippen LogP contribution is -2.35. The molecule has 0 spiro atoms. The van der Waals surface area contributed by atoms with Crippen LogP contribution in [0.15, 0.2) is 39.9 Å². The second-order valence-corrected chi connectivity index (χ2v) is 5.47. The van der Waals surface area contributed by atoms with E-state index in [0.29, 0.717) is 18.5 Å². The lowest BCUT2D eigenvalue weighted by atomic mass is 10.0. The third-order valence-electron chi connectivity index (χ3n) is 3.55. The van der Waals surface area contributed by atoms with Crippen LogP contribution < -0.4 is 16.6 Å². The summed E-state index contributed by atoms with van der Waals surface area (Å²) in [4.78, 5) is 26.3. The number of anilines is 1. The van der Waals surface area contributed by atoms with Crippen molar-refractivity contribution in [2.45, 2.75) is 39.0 Å². The number of aromatic nitrogens is 2. The van der Waals surface area contributed by atoms with Gasteiger partial charge in [-0.3, -0.25) is 14.3 Å². The zero-order chi connectivity index (χ0) is 17.9. The number of benzene rings is 1. The lowest BCUT2D eigenvalue weighted by molar-refractivity contribution is -0.137. The van der Waals surface area contributed by atoms with Crippen LogP contribution in [0.4, 0.5) is 19.0 Å². The largest absolute Gasteiger partial charge is 0.416 e. The monoisotopic (exact) mass is 341 g/mol. The standard InChI is InChI=1S/C16H18F3N3O2/c1-3-7-22-14(23)9-13(21-15(22)24)20-10(2)11-5-4-6-12(8-11)16(17,18)19/h4-6,8-10,20H,3,7H2,1-2H3,(H,21,24). The first kappa shape index (κ1) is 17.8. The molecule has 8 heteroatoms. The average molecular weight is 341 g/mol. The summed E-state index contributed by atoms with van der Waals surface area (Å²) in [5.41, 5.74) is -1.37. The van der Waals surface area contributed by atoms with Crippen LogP contribution in [0.3, 0.4) is 0 Å². The molecule has 5 nitrogen and oxygen atoms in total. The zero-order valence-corrected chi connectivity index (χ0v) is 13.3. The van der Waals surface area contributed by atoms with Crippen molar-refractivity contribution in [2.75, 3.05) is 5.32 Å². The molecule has 1 atom stereocenters. The lowest BCUT2D eigenvalue weighted by Gasteiger charge is -2.17. The maximum atomic E-state index is 12.8. The quantitative estimate of drug-likeness (QED) is 0.878. The van der Waals surface area contributed by atoms with E-state index in [0.717, 1.165) is 16.7 Å². The number of rotatable bonds is 5. The van der Waals surface area contributed by atoms with Crippen LogP contribution in [0.5, 0.6) is 0 Å². The third-order valence-corrected chi connectivity index (χ3v) is 3.55. The Balaban J connectivity index is 2.26. The van der Waals surface area contributed by atoms with Gasteiger partial charge in [-0.25, -0.2) is 4.79 Å². The van der Waals surface area contributed by atoms with E-state index >= 15 is 0 Å². The molecule has 0 bridgehead atoms. The molecule has 130 valence electrons. The fourth-order valence-electron chi connectivity index (χ4n) is 2.33. The van der Waals surface area contributed by atoms with E-state index in [1.54, 1.807) is 13.0 Å². The Morgan fingerprint density at radius 3 is 2.54 bits per heavy atom. The molecule has 1 heterocycles. The van der Waals surface area contributed by atoms with Crippen LogP contribution in [0.2, 0.25) is 0 Å². The summed E-state index contributed by atoms with van der Waals surface area (Å²) >= 11 is 0. The fourth-order valence-corrected chi connectivity index (χ4v) is 2.33. The number of nitrogens with zero attached hydrogens (tertiary/aromatic N) is 1. The van der Waals surface area contributed by atoms with Gasteiger partial charge in [-0.1, -0.05) is 19.1 Å². The highest BCUT2D eigenvalue weighted by molar-refractivity contribution is 5.38. The molecule has 2 rings (SSSR count). The molecule has 0 radical (unpaired) electrons. The highest BCUT2D eigenvalue weighted by Gasteiger charge is 2.30. The minimum absolute atomic E-state index is 0.169. The van der Waals surface area contributed by atoms with E-state index in [2.05, 4.69) is 10.3 Å². The summed E-state index contributed by atoms with van der Waals surface area (Å²) in [6.45, 7) is 3.79. The van der Waals surface area contributed by atoms with Gasteiger partial charge < -0.3 is 5.32 Å². The summed E-state index contributed by atoms with van der Waals surface area (Å²) in [5, 5.41) is 2.85. The number of H-pyrrole nitrogens is 1. The van der Waals surface area contributed by atoms with Gasteiger partial charge in [0.2, 0.25) is 0 Å². The van der Waals surface area contributed by atoms with Crippen LogP contribution in [-0.4, -0.2) is 9.55 Å². The van der Waals surface area contributed by atoms with Crippen molar-refractivity contribution in [3.63, 3.8) is 0 Å². The summed E-state index contributed by atoms with van der Waals surface area (Å²) < 4.78 is 39.4. The molecule has 2 N–H and O–H groups in total. The van der Waals surface area contributed by atoms with Gasteiger partial charge in [-0.2, -0.15) is 13.2 Å². The van der Waals surface area contributed by atoms with Crippen molar-refractivity contribution >= 4 is 5.82 Å². The van der Waals surface area contributed by atoms with Crippen LogP contribution in [-0.2, 0) is 12.7 Å². The Labute approximate surface area is 136 Å². The molecule has 1 unspecified atom stereocenters. The number of nitrogens with one attached hydrogen (secondary N) is 2. The van der Waals surface area contributed by atoms with Gasteiger partial charge in [0, 0.05) is 18.7 Å². The molecule has 0 fully saturated rings. The summed E-state index contributed by atoms with van der Waals surface area (Å²) in [6, 6.07) is 5.59. The van der Waals surface area contributed by atoms with Gasteiger partial charge >= 0.3 is 11.9 Å². The van der Waals surface area contributed by atoms with Crippen molar-refractivity contribution in [1.82, 2.24) is 9.55 Å². The van der Waals surface area contributed by atoms with Crippen LogP contribution >= 0.6 is 0 Å². The predicted molar refractivity (Wildman–Crippen MR) is 85.1 cm³/mol. The summed E-state index contributed by atoms with van der Waals surface area (Å²) in [6.07, 6.45) is -3.79. The maximum Gasteiger partial charge on any atom is 0.416 e. The van der Waals surface area contributed by atoms with Crippen LogP contribution in [0.1, 0.15) is 37.4 Å². The van der Waals surface area contributed by atoms with E-state index in [1.165, 1.54) is 12.1 Å². The molecule has 0 aliphatic rings. The van der Waals surface area contributed by atoms with Crippen molar-refractivity contribution in [2.24, 2.45) is 0 Å². The van der Waals surface area contributed by atoms with Crippen molar-refractivity contribution in [3.05, 3.63) is 62.3 Å². The second kappa shape index (κ2) is 6.94. The van der Waals surface area contributed by atoms with E-state index in [1.807, 2.05) is 6.92 Å². The number of halogens is 3. The van der Waals surface area contributed by atoms with Gasteiger partial charge in [0.25, 0.3) is 5.56 Å². The topological polar surface area (TPSA) is 66.9 Å². The van der Waals surface area contributed by atoms with Gasteiger partial charge in [-0.05, 0) is 31.0 Å². The molecular formula is C16H18F3N3O2. The minimum Gasteiger partial charge on any atom is -0.365 e. The highest BCUT2D eigenvalue weighted by atomic mass is 19.4. The zero-order valence-electron chi connectivity index (χ0n) is 13.3. The Morgan fingerprint density at radius 2 is 1.96 bits per heavy atom. The fraction of sp³-hybridized carbons (Fsp3) is 0.375. The van der Waals surface area contributed by atoms with E-state index in [9.17, 15) is 22.8 Å². The molecule has 0 saturated carbocycles. The number of aromatic amines is 1. The van der Waals surface area contributed by atoms with Gasteiger partial charge in [-0.15, -0.1) is 0 Å². The molecule has 24 heavy (non-hydrogen) atoms. The molecule has 2 aromatic rings. The number of hydrogen-bond donors (Lipinski definition) is 2. The normalized spacial score (nSPS) is 12.9. The van der Waals surface area contributed by atoms with Crippen molar-refractivity contribution in [3.8, 4) is 0 Å². The molecule has 0 aliphatic carbocycles. The first-order valence-corrected chi connectivity index (χ1v) is 7.50. The Morgan fingerprint density at radius 1 is 1.25 bits per heavy atom. The number of alkyl halides is 3. The third kappa shape index (κ3) is 4.06. The van der Waals surface area contributed by atoms with Crippen molar-refractivity contribution in [1.29, 1.82) is 0 Å². The molecule has 1 aromatic carbocycles. The second-order valence-electron chi connectivity index (χ2n) is 5.47. The first-order valence-electron chi connectivity index (χ1n) is 7.50. The average Bonchev–Trinajstić information content (AvgIpc) is 2.50. The van der Waals surface area contributed by atoms with Crippen LogP contribution in [0.25, 0.3) is 0 Å². The predicted octanol–water partition coefficient (Wildman–Crippen LogP) is 3.14. The Bertz CT molecular complexity index is 793. The SMILES string of the molecule is CCCn1c(=O)cc(NC(C)c2cccc(C(F)(F)F)c2)[nH]c1=O. The summed E-state index contributed by atoms with van der Waals surface area (Å²) in [5.74, 6) is 0.169.